The highest BCUT2D eigenvalue weighted by Gasteiger charge is 2.03. The summed E-state index contributed by atoms with van der Waals surface area (Å²) in [6.45, 7) is 2.59. The van der Waals surface area contributed by atoms with Crippen LogP contribution in [-0.4, -0.2) is 12.9 Å². The van der Waals surface area contributed by atoms with Crippen molar-refractivity contribution >= 4 is 6.29 Å². The number of ether oxygens (including phenoxy) is 1. The molecule has 0 aliphatic carbocycles. The lowest BCUT2D eigenvalue weighted by Gasteiger charge is -2.02. The Hall–Kier alpha value is -2.03. The minimum atomic E-state index is 0.337. The maximum Gasteiger partial charge on any atom is 0.185 e. The molecule has 0 radical (unpaired) electrons. The Morgan fingerprint density at radius 3 is 2.50 bits per heavy atom. The SMILES string of the molecule is CCOc1ccc(-c2ccc(C=O)o2)cc1. The van der Waals surface area contributed by atoms with E-state index in [1.165, 1.54) is 0 Å². The van der Waals surface area contributed by atoms with Gasteiger partial charge in [-0.1, -0.05) is 0 Å². The Morgan fingerprint density at radius 1 is 1.19 bits per heavy atom. The number of furan rings is 1. The number of aldehydes is 1. The summed E-state index contributed by atoms with van der Waals surface area (Å²) in [5.74, 6) is 1.85. The van der Waals surface area contributed by atoms with E-state index in [2.05, 4.69) is 0 Å². The van der Waals surface area contributed by atoms with Crippen LogP contribution in [0.4, 0.5) is 0 Å². The van der Waals surface area contributed by atoms with E-state index in [0.717, 1.165) is 11.3 Å². The number of benzene rings is 1. The molecule has 0 unspecified atom stereocenters. The molecule has 0 N–H and O–H groups in total. The van der Waals surface area contributed by atoms with Crippen molar-refractivity contribution in [1.29, 1.82) is 0 Å². The zero-order valence-corrected chi connectivity index (χ0v) is 8.97. The number of carbonyl (C=O) groups excluding carboxylic acids is 1. The highest BCUT2D eigenvalue weighted by molar-refractivity contribution is 5.72. The summed E-state index contributed by atoms with van der Waals surface area (Å²) in [6, 6.07) is 11.0. The lowest BCUT2D eigenvalue weighted by molar-refractivity contribution is 0.110. The molecule has 3 nitrogen and oxygen atoms in total. The highest BCUT2D eigenvalue weighted by Crippen LogP contribution is 2.23. The van der Waals surface area contributed by atoms with Crippen LogP contribution < -0.4 is 4.74 Å². The molecular formula is C13H12O3. The number of hydrogen-bond acceptors (Lipinski definition) is 3. The first-order chi connectivity index (χ1) is 7.83. The zero-order chi connectivity index (χ0) is 11.4. The number of rotatable bonds is 4. The van der Waals surface area contributed by atoms with Crippen molar-refractivity contribution in [2.45, 2.75) is 6.92 Å². The summed E-state index contributed by atoms with van der Waals surface area (Å²) in [4.78, 5) is 10.5. The van der Waals surface area contributed by atoms with Gasteiger partial charge in [-0.05, 0) is 43.3 Å². The molecule has 1 aromatic carbocycles. The van der Waals surface area contributed by atoms with Crippen molar-refractivity contribution in [3.63, 3.8) is 0 Å². The minimum Gasteiger partial charge on any atom is -0.494 e. The van der Waals surface area contributed by atoms with Crippen LogP contribution in [0, 0.1) is 0 Å². The molecule has 1 heterocycles. The Morgan fingerprint density at radius 2 is 1.94 bits per heavy atom. The molecule has 2 rings (SSSR count). The lowest BCUT2D eigenvalue weighted by Crippen LogP contribution is -1.90. The molecule has 0 spiro atoms. The van der Waals surface area contributed by atoms with Gasteiger partial charge < -0.3 is 9.15 Å². The topological polar surface area (TPSA) is 39.4 Å². The van der Waals surface area contributed by atoms with Crippen molar-refractivity contribution < 1.29 is 13.9 Å². The van der Waals surface area contributed by atoms with Gasteiger partial charge >= 0.3 is 0 Å². The Bertz CT molecular complexity index is 468. The van der Waals surface area contributed by atoms with E-state index < -0.39 is 0 Å². The smallest absolute Gasteiger partial charge is 0.185 e. The van der Waals surface area contributed by atoms with Crippen LogP contribution >= 0.6 is 0 Å². The second-order valence-electron chi connectivity index (χ2n) is 3.28. The van der Waals surface area contributed by atoms with Crippen molar-refractivity contribution in [1.82, 2.24) is 0 Å². The molecule has 16 heavy (non-hydrogen) atoms. The van der Waals surface area contributed by atoms with Gasteiger partial charge in [0.15, 0.2) is 12.0 Å². The molecule has 1 aromatic heterocycles. The van der Waals surface area contributed by atoms with E-state index in [9.17, 15) is 4.79 Å². The van der Waals surface area contributed by atoms with E-state index in [-0.39, 0.29) is 0 Å². The standard InChI is InChI=1S/C13H12O3/c1-2-15-11-5-3-10(4-6-11)13-8-7-12(9-14)16-13/h3-9H,2H2,1H3. The summed E-state index contributed by atoms with van der Waals surface area (Å²) >= 11 is 0. The Labute approximate surface area is 93.7 Å². The highest BCUT2D eigenvalue weighted by atomic mass is 16.5. The fourth-order valence-corrected chi connectivity index (χ4v) is 1.45. The third kappa shape index (κ3) is 2.14. The van der Waals surface area contributed by atoms with E-state index in [0.29, 0.717) is 24.4 Å². The molecule has 0 saturated heterocycles. The first-order valence-electron chi connectivity index (χ1n) is 5.11. The van der Waals surface area contributed by atoms with E-state index >= 15 is 0 Å². The Kier molecular flexibility index (Phi) is 3.05. The third-order valence-electron chi connectivity index (χ3n) is 2.19. The van der Waals surface area contributed by atoms with E-state index in [1.54, 1.807) is 12.1 Å². The fraction of sp³-hybridized carbons (Fsp3) is 0.154. The van der Waals surface area contributed by atoms with Gasteiger partial charge in [0.2, 0.25) is 0 Å². The first-order valence-corrected chi connectivity index (χ1v) is 5.11. The van der Waals surface area contributed by atoms with E-state index in [1.807, 2.05) is 31.2 Å². The van der Waals surface area contributed by atoms with Crippen molar-refractivity contribution in [2.75, 3.05) is 6.61 Å². The van der Waals surface area contributed by atoms with Gasteiger partial charge in [0.1, 0.15) is 11.5 Å². The molecule has 0 saturated carbocycles. The molecular weight excluding hydrogens is 204 g/mol. The summed E-state index contributed by atoms with van der Waals surface area (Å²) < 4.78 is 10.6. The van der Waals surface area contributed by atoms with Gasteiger partial charge in [-0.3, -0.25) is 4.79 Å². The molecule has 0 atom stereocenters. The van der Waals surface area contributed by atoms with Gasteiger partial charge in [-0.15, -0.1) is 0 Å². The van der Waals surface area contributed by atoms with Crippen molar-refractivity contribution in [3.8, 4) is 17.1 Å². The Balaban J connectivity index is 2.23. The van der Waals surface area contributed by atoms with Crippen LogP contribution in [0.3, 0.4) is 0 Å². The van der Waals surface area contributed by atoms with Crippen LogP contribution in [0.5, 0.6) is 5.75 Å². The average molecular weight is 216 g/mol. The van der Waals surface area contributed by atoms with Gasteiger partial charge in [-0.2, -0.15) is 0 Å². The molecule has 3 heteroatoms. The maximum atomic E-state index is 10.5. The predicted molar refractivity (Wildman–Crippen MR) is 60.7 cm³/mol. The van der Waals surface area contributed by atoms with Crippen molar-refractivity contribution in [3.05, 3.63) is 42.2 Å². The molecule has 0 aliphatic rings. The first kappa shape index (κ1) is 10.5. The number of carbonyl (C=O) groups is 1. The van der Waals surface area contributed by atoms with Gasteiger partial charge in [-0.25, -0.2) is 0 Å². The monoisotopic (exact) mass is 216 g/mol. The fourth-order valence-electron chi connectivity index (χ4n) is 1.45. The summed E-state index contributed by atoms with van der Waals surface area (Å²) in [5.41, 5.74) is 0.927. The second kappa shape index (κ2) is 4.66. The quantitative estimate of drug-likeness (QED) is 0.737. The summed E-state index contributed by atoms with van der Waals surface area (Å²) in [7, 11) is 0. The third-order valence-corrected chi connectivity index (χ3v) is 2.19. The molecule has 0 aliphatic heterocycles. The molecule has 0 fully saturated rings. The van der Waals surface area contributed by atoms with Crippen LogP contribution in [0.15, 0.2) is 40.8 Å². The maximum absolute atomic E-state index is 10.5. The number of hydrogen-bond donors (Lipinski definition) is 0. The average Bonchev–Trinajstić information content (AvgIpc) is 2.79. The molecule has 0 bridgehead atoms. The largest absolute Gasteiger partial charge is 0.494 e. The molecule has 2 aromatic rings. The molecule has 0 amide bonds. The van der Waals surface area contributed by atoms with Gasteiger partial charge in [0.25, 0.3) is 0 Å². The second-order valence-corrected chi connectivity index (χ2v) is 3.28. The molecule has 82 valence electrons. The normalized spacial score (nSPS) is 10.1. The zero-order valence-electron chi connectivity index (χ0n) is 8.97. The summed E-state index contributed by atoms with van der Waals surface area (Å²) in [6.07, 6.45) is 0.693. The van der Waals surface area contributed by atoms with Crippen molar-refractivity contribution in [2.24, 2.45) is 0 Å². The van der Waals surface area contributed by atoms with Crippen LogP contribution in [-0.2, 0) is 0 Å². The predicted octanol–water partition coefficient (Wildman–Crippen LogP) is 3.16. The van der Waals surface area contributed by atoms with Gasteiger partial charge in [0, 0.05) is 5.56 Å². The summed E-state index contributed by atoms with van der Waals surface area (Å²) in [5, 5.41) is 0. The lowest BCUT2D eigenvalue weighted by atomic mass is 10.2. The van der Waals surface area contributed by atoms with E-state index in [4.69, 9.17) is 9.15 Å². The van der Waals surface area contributed by atoms with Crippen LogP contribution in [0.1, 0.15) is 17.5 Å². The minimum absolute atomic E-state index is 0.337. The van der Waals surface area contributed by atoms with Crippen LogP contribution in [0.2, 0.25) is 0 Å². The van der Waals surface area contributed by atoms with Gasteiger partial charge in [0.05, 0.1) is 6.61 Å². The van der Waals surface area contributed by atoms with Crippen LogP contribution in [0.25, 0.3) is 11.3 Å².